The minimum absolute atomic E-state index is 0.205. The number of carbonyl (C=O) groups is 1. The average molecular weight is 384 g/mol. The van der Waals surface area contributed by atoms with Crippen molar-refractivity contribution in [2.24, 2.45) is 0 Å². The molecule has 0 atom stereocenters. The minimum Gasteiger partial charge on any atom is -0.384 e. The predicted molar refractivity (Wildman–Crippen MR) is 108 cm³/mol. The maximum Gasteiger partial charge on any atom is 0.244 e. The molecule has 3 rings (SSSR count). The van der Waals surface area contributed by atoms with Crippen molar-refractivity contribution < 1.29 is 9.18 Å². The lowest BCUT2D eigenvalue weighted by atomic mass is 10.2. The summed E-state index contributed by atoms with van der Waals surface area (Å²) in [5.41, 5.74) is 2.47. The molecule has 0 radical (unpaired) electrons. The highest BCUT2D eigenvalue weighted by molar-refractivity contribution is 6.31. The fraction of sp³-hybridized carbons (Fsp3) is 0.143. The Morgan fingerprint density at radius 1 is 1.15 bits per heavy atom. The molecule has 1 amide bonds. The van der Waals surface area contributed by atoms with E-state index in [0.717, 1.165) is 23.0 Å². The summed E-state index contributed by atoms with van der Waals surface area (Å²) in [7, 11) is 0. The molecule has 0 saturated carbocycles. The lowest BCUT2D eigenvalue weighted by Gasteiger charge is -2.09. The fourth-order valence-electron chi connectivity index (χ4n) is 2.64. The van der Waals surface area contributed by atoms with Crippen LogP contribution in [0.1, 0.15) is 12.0 Å². The number of hydrogen-bond donors (Lipinski definition) is 2. The van der Waals surface area contributed by atoms with E-state index in [1.165, 1.54) is 18.2 Å². The third-order valence-electron chi connectivity index (χ3n) is 3.95. The van der Waals surface area contributed by atoms with Gasteiger partial charge in [-0.25, -0.2) is 4.39 Å². The van der Waals surface area contributed by atoms with Gasteiger partial charge in [-0.15, -0.1) is 0 Å². The number of nitrogens with zero attached hydrogens (tertiary/aromatic N) is 1. The van der Waals surface area contributed by atoms with Gasteiger partial charge in [-0.2, -0.15) is 0 Å². The van der Waals surface area contributed by atoms with Gasteiger partial charge in [-0.3, -0.25) is 9.78 Å². The molecule has 27 heavy (non-hydrogen) atoms. The van der Waals surface area contributed by atoms with Crippen molar-refractivity contribution in [3.05, 3.63) is 77.2 Å². The highest BCUT2D eigenvalue weighted by atomic mass is 35.5. The van der Waals surface area contributed by atoms with Crippen LogP contribution in [0.5, 0.6) is 0 Å². The summed E-state index contributed by atoms with van der Waals surface area (Å²) >= 11 is 5.99. The van der Waals surface area contributed by atoms with E-state index in [9.17, 15) is 9.18 Å². The first-order valence-electron chi connectivity index (χ1n) is 8.61. The summed E-state index contributed by atoms with van der Waals surface area (Å²) in [4.78, 5) is 16.1. The molecule has 0 unspecified atom stereocenters. The van der Waals surface area contributed by atoms with Crippen LogP contribution >= 0.6 is 11.6 Å². The van der Waals surface area contributed by atoms with Crippen LogP contribution in [0.3, 0.4) is 0 Å². The first kappa shape index (κ1) is 18.9. The Morgan fingerprint density at radius 2 is 2.04 bits per heavy atom. The highest BCUT2D eigenvalue weighted by Crippen LogP contribution is 2.24. The summed E-state index contributed by atoms with van der Waals surface area (Å²) in [6.45, 7) is 1.24. The van der Waals surface area contributed by atoms with Crippen LogP contribution in [0.25, 0.3) is 17.0 Å². The number of hydrogen-bond acceptors (Lipinski definition) is 3. The SMILES string of the molecule is O=C(/C=C/c1cccc(F)c1)NCCCNc1ccnc2cc(Cl)ccc12. The zero-order valence-corrected chi connectivity index (χ0v) is 15.3. The van der Waals surface area contributed by atoms with Crippen molar-refractivity contribution in [3.8, 4) is 0 Å². The molecule has 0 aliphatic rings. The van der Waals surface area contributed by atoms with Crippen LogP contribution in [0.15, 0.2) is 60.8 Å². The van der Waals surface area contributed by atoms with E-state index in [1.54, 1.807) is 24.4 Å². The van der Waals surface area contributed by atoms with Crippen molar-refractivity contribution in [1.29, 1.82) is 0 Å². The number of carbonyl (C=O) groups excluding carboxylic acids is 1. The molecule has 138 valence electrons. The third kappa shape index (κ3) is 5.53. The van der Waals surface area contributed by atoms with Gasteiger partial charge < -0.3 is 10.6 Å². The molecule has 1 aromatic heterocycles. The lowest BCUT2D eigenvalue weighted by Crippen LogP contribution is -2.23. The molecule has 0 aliphatic heterocycles. The second kappa shape index (κ2) is 9.14. The molecular formula is C21H19ClFN3O. The number of halogens is 2. The summed E-state index contributed by atoms with van der Waals surface area (Å²) in [5.74, 6) is -0.530. The van der Waals surface area contributed by atoms with E-state index in [-0.39, 0.29) is 11.7 Å². The monoisotopic (exact) mass is 383 g/mol. The molecule has 0 spiro atoms. The molecule has 0 fully saturated rings. The zero-order chi connectivity index (χ0) is 19.1. The fourth-order valence-corrected chi connectivity index (χ4v) is 2.81. The van der Waals surface area contributed by atoms with Gasteiger partial charge in [0.25, 0.3) is 0 Å². The van der Waals surface area contributed by atoms with Gasteiger partial charge in [0.15, 0.2) is 0 Å². The second-order valence-corrected chi connectivity index (χ2v) is 6.42. The standard InChI is InChI=1S/C21H19ClFN3O/c22-16-6-7-18-19(9-12-25-20(18)14-16)24-10-2-11-26-21(27)8-5-15-3-1-4-17(23)13-15/h1,3-9,12-14H,2,10-11H2,(H,24,25)(H,26,27)/b8-5+. The van der Waals surface area contributed by atoms with Crippen molar-refractivity contribution in [2.45, 2.75) is 6.42 Å². The Morgan fingerprint density at radius 3 is 2.89 bits per heavy atom. The summed E-state index contributed by atoms with van der Waals surface area (Å²) in [5, 5.41) is 7.82. The number of amides is 1. The Balaban J connectivity index is 1.44. The largest absolute Gasteiger partial charge is 0.384 e. The smallest absolute Gasteiger partial charge is 0.244 e. The van der Waals surface area contributed by atoms with Crippen LogP contribution in [-0.2, 0) is 4.79 Å². The van der Waals surface area contributed by atoms with E-state index < -0.39 is 0 Å². The summed E-state index contributed by atoms with van der Waals surface area (Å²) in [6.07, 6.45) is 5.49. The Bertz CT molecular complexity index is 975. The van der Waals surface area contributed by atoms with Gasteiger partial charge in [0.05, 0.1) is 5.52 Å². The molecule has 3 aromatic rings. The number of nitrogens with one attached hydrogen (secondary N) is 2. The quantitative estimate of drug-likeness (QED) is 0.461. The average Bonchev–Trinajstić information content (AvgIpc) is 2.66. The molecule has 0 saturated heterocycles. The Hall–Kier alpha value is -2.92. The maximum absolute atomic E-state index is 13.1. The minimum atomic E-state index is -0.325. The van der Waals surface area contributed by atoms with Crippen LogP contribution in [0.2, 0.25) is 5.02 Å². The van der Waals surface area contributed by atoms with Gasteiger partial charge >= 0.3 is 0 Å². The van der Waals surface area contributed by atoms with E-state index in [4.69, 9.17) is 11.6 Å². The summed E-state index contributed by atoms with van der Waals surface area (Å²) in [6, 6.07) is 13.6. The van der Waals surface area contributed by atoms with Crippen molar-refractivity contribution >= 4 is 40.2 Å². The molecule has 0 bridgehead atoms. The summed E-state index contributed by atoms with van der Waals surface area (Å²) < 4.78 is 13.1. The Labute approximate surface area is 162 Å². The van der Waals surface area contributed by atoms with Gasteiger partial charge in [0.1, 0.15) is 5.82 Å². The number of aromatic nitrogens is 1. The molecule has 2 aromatic carbocycles. The number of rotatable bonds is 7. The molecule has 6 heteroatoms. The van der Waals surface area contributed by atoms with Crippen molar-refractivity contribution in [3.63, 3.8) is 0 Å². The number of pyridine rings is 1. The van der Waals surface area contributed by atoms with Crippen molar-refractivity contribution in [1.82, 2.24) is 10.3 Å². The topological polar surface area (TPSA) is 54.0 Å². The molecular weight excluding hydrogens is 365 g/mol. The van der Waals surface area contributed by atoms with Crippen molar-refractivity contribution in [2.75, 3.05) is 18.4 Å². The maximum atomic E-state index is 13.1. The zero-order valence-electron chi connectivity index (χ0n) is 14.6. The molecule has 0 aliphatic carbocycles. The number of anilines is 1. The highest BCUT2D eigenvalue weighted by Gasteiger charge is 2.02. The van der Waals surface area contributed by atoms with Crippen LogP contribution in [0.4, 0.5) is 10.1 Å². The van der Waals surface area contributed by atoms with Gasteiger partial charge in [0.2, 0.25) is 5.91 Å². The third-order valence-corrected chi connectivity index (χ3v) is 4.18. The lowest BCUT2D eigenvalue weighted by molar-refractivity contribution is -0.116. The molecule has 1 heterocycles. The van der Waals surface area contributed by atoms with Crippen LogP contribution in [0, 0.1) is 5.82 Å². The van der Waals surface area contributed by atoms with E-state index in [0.29, 0.717) is 23.7 Å². The normalized spacial score (nSPS) is 11.0. The predicted octanol–water partition coefficient (Wildman–Crippen LogP) is 4.66. The van der Waals surface area contributed by atoms with E-state index >= 15 is 0 Å². The number of benzene rings is 2. The number of fused-ring (bicyclic) bond motifs is 1. The van der Waals surface area contributed by atoms with Gasteiger partial charge in [-0.1, -0.05) is 23.7 Å². The van der Waals surface area contributed by atoms with E-state index in [2.05, 4.69) is 15.6 Å². The van der Waals surface area contributed by atoms with Gasteiger partial charge in [-0.05, 0) is 54.5 Å². The van der Waals surface area contributed by atoms with Crippen LogP contribution < -0.4 is 10.6 Å². The first-order chi connectivity index (χ1) is 13.1. The second-order valence-electron chi connectivity index (χ2n) is 5.98. The Kier molecular flexibility index (Phi) is 6.39. The van der Waals surface area contributed by atoms with E-state index in [1.807, 2.05) is 24.3 Å². The molecule has 2 N–H and O–H groups in total. The van der Waals surface area contributed by atoms with Crippen LogP contribution in [-0.4, -0.2) is 24.0 Å². The first-order valence-corrected chi connectivity index (χ1v) is 8.99. The van der Waals surface area contributed by atoms with Gasteiger partial charge in [0, 0.05) is 41.5 Å². The molecule has 4 nitrogen and oxygen atoms in total.